The Morgan fingerprint density at radius 3 is 1.85 bits per heavy atom. The van der Waals surface area contributed by atoms with Crippen LogP contribution in [-0.2, 0) is 15.6 Å². The highest BCUT2D eigenvalue weighted by Crippen LogP contribution is 2.60. The number of hydrogen-bond acceptors (Lipinski definition) is 2. The first-order chi connectivity index (χ1) is 16.7. The van der Waals surface area contributed by atoms with Gasteiger partial charge < -0.3 is 9.47 Å². The number of ether oxygens (including phenoxy) is 2. The molecule has 4 aliphatic rings. The van der Waals surface area contributed by atoms with E-state index in [9.17, 15) is 4.39 Å². The third-order valence-corrected chi connectivity index (χ3v) is 10.2. The average molecular weight is 476 g/mol. The van der Waals surface area contributed by atoms with Crippen LogP contribution in [0.4, 0.5) is 4.39 Å². The van der Waals surface area contributed by atoms with Crippen molar-refractivity contribution in [3.63, 3.8) is 0 Å². The second-order valence-electron chi connectivity index (χ2n) is 10.6. The molecule has 0 atom stereocenters. The molecule has 4 aliphatic carbocycles. The van der Waals surface area contributed by atoms with E-state index < -0.39 is 0 Å². The lowest BCUT2D eigenvalue weighted by Gasteiger charge is -2.56. The second kappa shape index (κ2) is 9.39. The molecule has 0 radical (unpaired) electrons. The van der Waals surface area contributed by atoms with E-state index in [0.717, 1.165) is 29.3 Å². The Hall–Kier alpha value is -2.30. The molecule has 4 heteroatoms. The van der Waals surface area contributed by atoms with E-state index >= 15 is 0 Å². The Balaban J connectivity index is 1.16. The molecular formula is C30H32FO2S+. The molecule has 4 saturated carbocycles. The smallest absolute Gasteiger partial charge is 0.189 e. The van der Waals surface area contributed by atoms with Crippen molar-refractivity contribution in [3.05, 3.63) is 84.7 Å². The highest BCUT2D eigenvalue weighted by molar-refractivity contribution is 7.97. The predicted octanol–water partition coefficient (Wildman–Crippen LogP) is 7.49. The van der Waals surface area contributed by atoms with Gasteiger partial charge in [0.05, 0.1) is 17.5 Å². The molecule has 34 heavy (non-hydrogen) atoms. The molecule has 4 bridgehead atoms. The molecule has 0 unspecified atom stereocenters. The minimum absolute atomic E-state index is 0.104. The first-order valence-corrected chi connectivity index (χ1v) is 13.7. The molecule has 4 fully saturated rings. The van der Waals surface area contributed by atoms with Crippen LogP contribution in [0, 0.1) is 29.0 Å². The van der Waals surface area contributed by atoms with Gasteiger partial charge >= 0.3 is 0 Å². The summed E-state index contributed by atoms with van der Waals surface area (Å²) < 4.78 is 26.6. The van der Waals surface area contributed by atoms with Crippen LogP contribution in [0.5, 0.6) is 5.75 Å². The lowest BCUT2D eigenvalue weighted by molar-refractivity contribution is -0.116. The molecule has 0 saturated heterocycles. The first kappa shape index (κ1) is 22.2. The lowest BCUT2D eigenvalue weighted by Crippen LogP contribution is -2.48. The predicted molar refractivity (Wildman–Crippen MR) is 133 cm³/mol. The molecule has 2 nitrogen and oxygen atoms in total. The summed E-state index contributed by atoms with van der Waals surface area (Å²) in [6, 6.07) is 26.0. The minimum Gasteiger partial charge on any atom is -0.464 e. The van der Waals surface area contributed by atoms with Crippen molar-refractivity contribution in [3.8, 4) is 5.75 Å². The van der Waals surface area contributed by atoms with E-state index in [0.29, 0.717) is 5.41 Å². The molecule has 0 amide bonds. The fourth-order valence-corrected chi connectivity index (χ4v) is 9.18. The molecule has 3 aromatic rings. The van der Waals surface area contributed by atoms with Gasteiger partial charge in [-0.3, -0.25) is 0 Å². The maximum atomic E-state index is 14.7. The summed E-state index contributed by atoms with van der Waals surface area (Å²) in [5.74, 6) is 2.63. The molecule has 176 valence electrons. The van der Waals surface area contributed by atoms with Gasteiger partial charge in [0, 0.05) is 6.07 Å². The normalized spacial score (nSPS) is 27.3. The summed E-state index contributed by atoms with van der Waals surface area (Å²) in [6.07, 6.45) is 8.20. The zero-order valence-electron chi connectivity index (χ0n) is 19.5. The Morgan fingerprint density at radius 2 is 1.29 bits per heavy atom. The summed E-state index contributed by atoms with van der Waals surface area (Å²) in [7, 11) is -0.336. The van der Waals surface area contributed by atoms with Crippen LogP contribution in [0.2, 0.25) is 0 Å². The largest absolute Gasteiger partial charge is 0.464 e. The minimum atomic E-state index is -0.341. The van der Waals surface area contributed by atoms with Crippen molar-refractivity contribution < 1.29 is 13.9 Å². The van der Waals surface area contributed by atoms with E-state index in [2.05, 4.69) is 48.5 Å². The molecular weight excluding hydrogens is 443 g/mol. The Labute approximate surface area is 204 Å². The summed E-state index contributed by atoms with van der Waals surface area (Å²) in [4.78, 5) is 3.43. The van der Waals surface area contributed by atoms with Crippen molar-refractivity contribution >= 4 is 10.9 Å². The van der Waals surface area contributed by atoms with Crippen molar-refractivity contribution in [1.82, 2.24) is 0 Å². The molecule has 3 aromatic carbocycles. The zero-order chi connectivity index (χ0) is 23.0. The molecule has 0 heterocycles. The van der Waals surface area contributed by atoms with Gasteiger partial charge in [0.2, 0.25) is 0 Å². The van der Waals surface area contributed by atoms with Crippen LogP contribution in [-0.4, -0.2) is 13.4 Å². The third kappa shape index (κ3) is 4.50. The van der Waals surface area contributed by atoms with Gasteiger partial charge in [0.1, 0.15) is 0 Å². The van der Waals surface area contributed by atoms with Gasteiger partial charge in [-0.2, -0.15) is 0 Å². The van der Waals surface area contributed by atoms with Crippen molar-refractivity contribution in [2.45, 2.75) is 53.2 Å². The topological polar surface area (TPSA) is 18.5 Å². The zero-order valence-corrected chi connectivity index (χ0v) is 20.3. The summed E-state index contributed by atoms with van der Waals surface area (Å²) >= 11 is 0. The SMILES string of the molecule is Fc1ccc([S+](c2ccccc2)c2ccccc2)cc1OCOCC12CC3CC(CC(C3)C1)C2. The maximum absolute atomic E-state index is 14.7. The van der Waals surface area contributed by atoms with Gasteiger partial charge in [-0.15, -0.1) is 0 Å². The highest BCUT2D eigenvalue weighted by Gasteiger charge is 2.50. The monoisotopic (exact) mass is 475 g/mol. The van der Waals surface area contributed by atoms with Gasteiger partial charge in [-0.1, -0.05) is 36.4 Å². The Morgan fingerprint density at radius 1 is 0.735 bits per heavy atom. The molecule has 0 N–H and O–H groups in total. The third-order valence-electron chi connectivity index (χ3n) is 7.97. The maximum Gasteiger partial charge on any atom is 0.189 e. The van der Waals surface area contributed by atoms with Gasteiger partial charge in [-0.25, -0.2) is 4.39 Å². The van der Waals surface area contributed by atoms with Crippen molar-refractivity contribution in [2.24, 2.45) is 23.2 Å². The molecule has 7 rings (SSSR count). The van der Waals surface area contributed by atoms with Gasteiger partial charge in [0.15, 0.2) is 33.0 Å². The van der Waals surface area contributed by atoms with Gasteiger partial charge in [0.25, 0.3) is 0 Å². The molecule has 0 spiro atoms. The van der Waals surface area contributed by atoms with Crippen LogP contribution in [0.3, 0.4) is 0 Å². The van der Waals surface area contributed by atoms with E-state index in [1.54, 1.807) is 0 Å². The Kier molecular flexibility index (Phi) is 6.13. The number of benzene rings is 3. The number of rotatable bonds is 8. The van der Waals surface area contributed by atoms with Crippen LogP contribution < -0.4 is 4.74 Å². The Bertz CT molecular complexity index is 1040. The second-order valence-corrected chi connectivity index (χ2v) is 12.6. The fourth-order valence-electron chi connectivity index (χ4n) is 7.07. The van der Waals surface area contributed by atoms with Crippen LogP contribution >= 0.6 is 0 Å². The molecule has 0 aliphatic heterocycles. The lowest BCUT2D eigenvalue weighted by atomic mass is 9.50. The van der Waals surface area contributed by atoms with Crippen LogP contribution in [0.25, 0.3) is 0 Å². The fraction of sp³-hybridized carbons (Fsp3) is 0.400. The highest BCUT2D eigenvalue weighted by atomic mass is 32.2. The van der Waals surface area contributed by atoms with E-state index in [1.807, 2.05) is 24.3 Å². The number of hydrogen-bond donors (Lipinski definition) is 0. The average Bonchev–Trinajstić information content (AvgIpc) is 2.84. The van der Waals surface area contributed by atoms with Gasteiger partial charge in [-0.05, 0) is 98.1 Å². The van der Waals surface area contributed by atoms with E-state index in [4.69, 9.17) is 9.47 Å². The quantitative estimate of drug-likeness (QED) is 0.191. The summed E-state index contributed by atoms with van der Waals surface area (Å²) in [5, 5.41) is 0. The van der Waals surface area contributed by atoms with Crippen molar-refractivity contribution in [1.29, 1.82) is 0 Å². The van der Waals surface area contributed by atoms with Crippen LogP contribution in [0.15, 0.2) is 93.5 Å². The van der Waals surface area contributed by atoms with Crippen molar-refractivity contribution in [2.75, 3.05) is 13.4 Å². The first-order valence-electron chi connectivity index (χ1n) is 12.5. The van der Waals surface area contributed by atoms with Crippen LogP contribution in [0.1, 0.15) is 38.5 Å². The number of halogens is 1. The van der Waals surface area contributed by atoms with E-state index in [-0.39, 0.29) is 29.3 Å². The summed E-state index contributed by atoms with van der Waals surface area (Å²) in [5.41, 5.74) is 0.339. The standard InChI is InChI=1S/C30H32FO2S/c31-28-12-11-27(34(25-7-3-1-4-8-25)26-9-5-2-6-10-26)16-29(28)33-21-32-20-30-17-22-13-23(18-30)15-24(14-22)19-30/h1-12,16,22-24H,13-15,17-21H2/q+1. The molecule has 0 aromatic heterocycles. The van der Waals surface area contributed by atoms with E-state index in [1.165, 1.54) is 54.4 Å². The summed E-state index contributed by atoms with van der Waals surface area (Å²) in [6.45, 7) is 0.850.